The number of rotatable bonds is 11. The van der Waals surface area contributed by atoms with Gasteiger partial charge in [0.25, 0.3) is 5.69 Å². The summed E-state index contributed by atoms with van der Waals surface area (Å²) in [5, 5.41) is 53.8. The molecule has 2 heterocycles. The molecule has 1 aromatic carbocycles. The third-order valence-corrected chi connectivity index (χ3v) is 6.06. The molecule has 0 radical (unpaired) electrons. The zero-order valence-corrected chi connectivity index (χ0v) is 18.5. The third-order valence-electron chi connectivity index (χ3n) is 6.06. The minimum atomic E-state index is -1.24. The predicted octanol–water partition coefficient (Wildman–Crippen LogP) is 1.39. The quantitative estimate of drug-likeness (QED) is 0.190. The Hall–Kier alpha value is -2.63. The lowest BCUT2D eigenvalue weighted by molar-refractivity contribution is -0.383. The van der Waals surface area contributed by atoms with Gasteiger partial charge < -0.3 is 25.7 Å². The first kappa shape index (κ1) is 25.0. The molecular weight excluding hydrogens is 428 g/mol. The van der Waals surface area contributed by atoms with Gasteiger partial charge in [0.15, 0.2) is 0 Å². The van der Waals surface area contributed by atoms with E-state index in [0.717, 1.165) is 25.7 Å². The molecule has 10 nitrogen and oxygen atoms in total. The number of hydrogen-bond acceptors (Lipinski definition) is 9. The highest BCUT2D eigenvalue weighted by atomic mass is 16.6. The summed E-state index contributed by atoms with van der Waals surface area (Å²) in [6.07, 6.45) is 1.62. The summed E-state index contributed by atoms with van der Waals surface area (Å²) >= 11 is 0. The summed E-state index contributed by atoms with van der Waals surface area (Å²) in [6, 6.07) is 9.90. The standard InChI is InChI=1S/C23H32N4O6/c28-15-20-22(30)23(31)21(29)14-26(20)12-6-2-1-4-10-25-18-9-8-16(13-19(18)27(32)33)17-7-3-5-11-24-17/h3,5,7-9,11,13,20-23,25,28-31H,1-2,4,6,10,12,14-15H2/t20-,21+,22-,23-/m1/s1. The second-order valence-corrected chi connectivity index (χ2v) is 8.34. The van der Waals surface area contributed by atoms with Crippen molar-refractivity contribution in [2.45, 2.75) is 50.0 Å². The topological polar surface area (TPSA) is 152 Å². The highest BCUT2D eigenvalue weighted by Gasteiger charge is 2.40. The molecule has 1 aromatic heterocycles. The van der Waals surface area contributed by atoms with Crippen molar-refractivity contribution < 1.29 is 25.3 Å². The maximum Gasteiger partial charge on any atom is 0.292 e. The highest BCUT2D eigenvalue weighted by molar-refractivity contribution is 5.71. The number of nitro groups is 1. The van der Waals surface area contributed by atoms with Gasteiger partial charge in [-0.1, -0.05) is 25.0 Å². The molecule has 0 saturated carbocycles. The van der Waals surface area contributed by atoms with Gasteiger partial charge in [0, 0.05) is 30.9 Å². The van der Waals surface area contributed by atoms with E-state index in [1.54, 1.807) is 18.3 Å². The van der Waals surface area contributed by atoms with E-state index in [1.807, 2.05) is 23.1 Å². The number of anilines is 1. The molecule has 1 fully saturated rings. The fourth-order valence-electron chi connectivity index (χ4n) is 4.18. The van der Waals surface area contributed by atoms with Crippen molar-refractivity contribution in [3.63, 3.8) is 0 Å². The smallest absolute Gasteiger partial charge is 0.292 e. The van der Waals surface area contributed by atoms with E-state index in [-0.39, 0.29) is 18.8 Å². The highest BCUT2D eigenvalue weighted by Crippen LogP contribution is 2.30. The average Bonchev–Trinajstić information content (AvgIpc) is 2.82. The lowest BCUT2D eigenvalue weighted by Crippen LogP contribution is -2.62. The first-order valence-corrected chi connectivity index (χ1v) is 11.2. The first-order valence-electron chi connectivity index (χ1n) is 11.2. The molecule has 1 saturated heterocycles. The number of nitrogens with zero attached hydrogens (tertiary/aromatic N) is 3. The molecule has 1 aliphatic rings. The molecule has 2 aromatic rings. The molecule has 0 unspecified atom stereocenters. The van der Waals surface area contributed by atoms with Crippen LogP contribution in [0.15, 0.2) is 42.6 Å². The average molecular weight is 461 g/mol. The number of pyridine rings is 1. The van der Waals surface area contributed by atoms with Gasteiger partial charge in [0.2, 0.25) is 0 Å². The van der Waals surface area contributed by atoms with Crippen LogP contribution in [0.5, 0.6) is 0 Å². The maximum atomic E-state index is 11.5. The Morgan fingerprint density at radius 1 is 1.09 bits per heavy atom. The molecule has 0 spiro atoms. The molecular formula is C23H32N4O6. The maximum absolute atomic E-state index is 11.5. The Balaban J connectivity index is 1.42. The lowest BCUT2D eigenvalue weighted by atomic mass is 9.94. The van der Waals surface area contributed by atoms with Crippen LogP contribution < -0.4 is 5.32 Å². The van der Waals surface area contributed by atoms with Crippen LogP contribution in [0.25, 0.3) is 11.3 Å². The van der Waals surface area contributed by atoms with Crippen molar-refractivity contribution >= 4 is 11.4 Å². The van der Waals surface area contributed by atoms with E-state index in [9.17, 15) is 30.5 Å². The van der Waals surface area contributed by atoms with Crippen molar-refractivity contribution in [3.8, 4) is 11.3 Å². The SMILES string of the molecule is O=[N+]([O-])c1cc(-c2ccccn2)ccc1NCCCCCCN1C[C@H](O)[C@@H](O)[C@H](O)[C@H]1CO. The molecule has 0 aliphatic carbocycles. The van der Waals surface area contributed by atoms with E-state index in [4.69, 9.17) is 0 Å². The van der Waals surface area contributed by atoms with Crippen molar-refractivity contribution in [2.75, 3.05) is 31.6 Å². The molecule has 0 amide bonds. The summed E-state index contributed by atoms with van der Waals surface area (Å²) in [6.45, 7) is 1.12. The van der Waals surface area contributed by atoms with Gasteiger partial charge in [-0.15, -0.1) is 0 Å². The molecule has 4 atom stereocenters. The Morgan fingerprint density at radius 3 is 2.58 bits per heavy atom. The van der Waals surface area contributed by atoms with E-state index in [2.05, 4.69) is 10.3 Å². The second-order valence-electron chi connectivity index (χ2n) is 8.34. The summed E-state index contributed by atoms with van der Waals surface area (Å²) in [5.41, 5.74) is 1.85. The number of β-amino-alcohol motifs (C(OH)–C–C–N with tert-alkyl or cyclic N) is 1. The van der Waals surface area contributed by atoms with E-state index >= 15 is 0 Å². The number of likely N-dealkylation sites (tertiary alicyclic amines) is 1. The molecule has 10 heteroatoms. The fourth-order valence-corrected chi connectivity index (χ4v) is 4.18. The Kier molecular flexibility index (Phi) is 9.10. The number of unbranched alkanes of at least 4 members (excludes halogenated alkanes) is 3. The zero-order valence-electron chi connectivity index (χ0n) is 18.5. The monoisotopic (exact) mass is 460 g/mol. The van der Waals surface area contributed by atoms with Crippen molar-refractivity contribution in [2.24, 2.45) is 0 Å². The van der Waals surface area contributed by atoms with Crippen LogP contribution >= 0.6 is 0 Å². The van der Waals surface area contributed by atoms with Crippen molar-refractivity contribution in [1.29, 1.82) is 0 Å². The summed E-state index contributed by atoms with van der Waals surface area (Å²) in [5.74, 6) is 0. The minimum absolute atomic E-state index is 0.0117. The van der Waals surface area contributed by atoms with Gasteiger partial charge in [-0.3, -0.25) is 20.0 Å². The number of piperidine rings is 1. The number of aromatic nitrogens is 1. The van der Waals surface area contributed by atoms with E-state index < -0.39 is 29.3 Å². The Morgan fingerprint density at radius 2 is 1.88 bits per heavy atom. The van der Waals surface area contributed by atoms with E-state index in [0.29, 0.717) is 30.0 Å². The molecule has 5 N–H and O–H groups in total. The number of benzene rings is 1. The molecule has 1 aliphatic heterocycles. The van der Waals surface area contributed by atoms with Crippen molar-refractivity contribution in [3.05, 3.63) is 52.7 Å². The largest absolute Gasteiger partial charge is 0.395 e. The lowest BCUT2D eigenvalue weighted by Gasteiger charge is -2.43. The zero-order chi connectivity index (χ0) is 23.8. The summed E-state index contributed by atoms with van der Waals surface area (Å²) in [4.78, 5) is 17.2. The Bertz CT molecular complexity index is 900. The first-order chi connectivity index (χ1) is 15.9. The van der Waals surface area contributed by atoms with Gasteiger partial charge >= 0.3 is 0 Å². The fraction of sp³-hybridized carbons (Fsp3) is 0.522. The second kappa shape index (κ2) is 12.0. The molecule has 180 valence electrons. The van der Waals surface area contributed by atoms with Gasteiger partial charge in [-0.25, -0.2) is 0 Å². The molecule has 33 heavy (non-hydrogen) atoms. The van der Waals surface area contributed by atoms with Gasteiger partial charge in [0.05, 0.1) is 29.4 Å². The van der Waals surface area contributed by atoms with Crippen LogP contribution in [0.2, 0.25) is 0 Å². The van der Waals surface area contributed by atoms with Gasteiger partial charge in [-0.05, 0) is 37.6 Å². The van der Waals surface area contributed by atoms with Gasteiger partial charge in [0.1, 0.15) is 17.9 Å². The van der Waals surface area contributed by atoms with E-state index in [1.165, 1.54) is 6.07 Å². The number of aliphatic hydroxyl groups excluding tert-OH is 4. The minimum Gasteiger partial charge on any atom is -0.395 e. The molecule has 0 bridgehead atoms. The number of aliphatic hydroxyl groups is 4. The Labute approximate surface area is 192 Å². The van der Waals surface area contributed by atoms with Crippen LogP contribution in [-0.2, 0) is 0 Å². The summed E-state index contributed by atoms with van der Waals surface area (Å²) < 4.78 is 0. The van der Waals surface area contributed by atoms with Crippen molar-refractivity contribution in [1.82, 2.24) is 9.88 Å². The van der Waals surface area contributed by atoms with Crippen LogP contribution in [-0.4, -0.2) is 85.8 Å². The van der Waals surface area contributed by atoms with Crippen LogP contribution in [0.1, 0.15) is 25.7 Å². The third kappa shape index (κ3) is 6.46. The normalized spacial score (nSPS) is 23.4. The predicted molar refractivity (Wildman–Crippen MR) is 124 cm³/mol. The number of nitro benzene ring substituents is 1. The molecule has 3 rings (SSSR count). The number of hydrogen-bond donors (Lipinski definition) is 5. The van der Waals surface area contributed by atoms with Crippen LogP contribution in [0, 0.1) is 10.1 Å². The number of nitrogens with one attached hydrogen (secondary N) is 1. The van der Waals surface area contributed by atoms with Crippen LogP contribution in [0.4, 0.5) is 11.4 Å². The summed E-state index contributed by atoms with van der Waals surface area (Å²) in [7, 11) is 0. The van der Waals surface area contributed by atoms with Crippen LogP contribution in [0.3, 0.4) is 0 Å². The van der Waals surface area contributed by atoms with Gasteiger partial charge in [-0.2, -0.15) is 0 Å².